The smallest absolute Gasteiger partial charge is 0.292 e. The molecule has 7 nitrogen and oxygen atoms in total. The molecule has 33 heavy (non-hydrogen) atoms. The van der Waals surface area contributed by atoms with Crippen LogP contribution < -0.4 is 11.2 Å². The average molecular weight is 438 g/mol. The van der Waals surface area contributed by atoms with Gasteiger partial charge >= 0.3 is 5.69 Å². The zero-order valence-electron chi connectivity index (χ0n) is 18.1. The highest BCUT2D eigenvalue weighted by Crippen LogP contribution is 2.12. The van der Waals surface area contributed by atoms with Gasteiger partial charge in [0.05, 0.1) is 10.9 Å². The second-order valence-electron chi connectivity index (χ2n) is 8.07. The fourth-order valence-corrected chi connectivity index (χ4v) is 4.02. The highest BCUT2D eigenvalue weighted by Gasteiger charge is 2.19. The lowest BCUT2D eigenvalue weighted by atomic mass is 10.1. The summed E-state index contributed by atoms with van der Waals surface area (Å²) in [7, 11) is 0. The number of benzene rings is 3. The van der Waals surface area contributed by atoms with Gasteiger partial charge in [-0.05, 0) is 31.0 Å². The number of rotatable bonds is 6. The quantitative estimate of drug-likeness (QED) is 0.381. The van der Waals surface area contributed by atoms with Crippen molar-refractivity contribution >= 4 is 22.5 Å². The summed E-state index contributed by atoms with van der Waals surface area (Å²) in [6.45, 7) is 2.10. The van der Waals surface area contributed by atoms with Crippen molar-refractivity contribution in [2.45, 2.75) is 26.4 Å². The van der Waals surface area contributed by atoms with Gasteiger partial charge in [0.1, 0.15) is 6.54 Å². The summed E-state index contributed by atoms with van der Waals surface area (Å²) in [5, 5.41) is 4.86. The van der Waals surface area contributed by atoms with Gasteiger partial charge in [-0.1, -0.05) is 72.3 Å². The molecule has 0 aliphatic heterocycles. The van der Waals surface area contributed by atoms with E-state index in [-0.39, 0.29) is 23.7 Å². The third-order valence-electron chi connectivity index (χ3n) is 5.82. The number of hydrogen-bond donors (Lipinski definition) is 0. The first kappa shape index (κ1) is 20.6. The first-order valence-corrected chi connectivity index (χ1v) is 10.8. The molecule has 0 aliphatic rings. The predicted octanol–water partition coefficient (Wildman–Crippen LogP) is 3.24. The Kier molecular flexibility index (Phi) is 5.22. The standard InChI is InChI=1S/C26H22N4O3/c1-18-11-13-20(14-12-18)23(31)17-29-26(33)30-22-10-6-5-9-21(22)24(32)28(25(30)27-29)16-15-19-7-3-2-4-8-19/h2-14H,15-17H2,1H3. The van der Waals surface area contributed by atoms with Gasteiger partial charge in [-0.2, -0.15) is 0 Å². The molecule has 0 saturated heterocycles. The van der Waals surface area contributed by atoms with E-state index in [1.807, 2.05) is 49.4 Å². The van der Waals surface area contributed by atoms with Crippen molar-refractivity contribution in [3.05, 3.63) is 116 Å². The van der Waals surface area contributed by atoms with Gasteiger partial charge in [-0.25, -0.2) is 13.9 Å². The Hall–Kier alpha value is -4.26. The zero-order valence-corrected chi connectivity index (χ0v) is 18.1. The van der Waals surface area contributed by atoms with E-state index in [1.165, 1.54) is 8.97 Å². The highest BCUT2D eigenvalue weighted by atomic mass is 16.2. The molecular weight excluding hydrogens is 416 g/mol. The topological polar surface area (TPSA) is 78.4 Å². The van der Waals surface area contributed by atoms with Gasteiger partial charge in [0, 0.05) is 12.1 Å². The summed E-state index contributed by atoms with van der Waals surface area (Å²) in [5.41, 5.74) is 2.45. The van der Waals surface area contributed by atoms with Gasteiger partial charge in [0.25, 0.3) is 5.56 Å². The fourth-order valence-electron chi connectivity index (χ4n) is 4.02. The molecule has 2 heterocycles. The van der Waals surface area contributed by atoms with Gasteiger partial charge in [-0.3, -0.25) is 14.2 Å². The molecule has 0 atom stereocenters. The van der Waals surface area contributed by atoms with Crippen LogP contribution in [0.15, 0.2) is 88.5 Å². The molecule has 5 rings (SSSR count). The molecule has 0 saturated carbocycles. The predicted molar refractivity (Wildman–Crippen MR) is 127 cm³/mol. The van der Waals surface area contributed by atoms with Crippen LogP contribution in [0.2, 0.25) is 0 Å². The molecule has 5 aromatic rings. The summed E-state index contributed by atoms with van der Waals surface area (Å²) in [6, 6.07) is 24.0. The molecule has 164 valence electrons. The van der Waals surface area contributed by atoms with E-state index < -0.39 is 5.69 Å². The molecular formula is C26H22N4O3. The first-order chi connectivity index (χ1) is 16.0. The molecule has 0 unspecified atom stereocenters. The van der Waals surface area contributed by atoms with E-state index in [4.69, 9.17) is 0 Å². The van der Waals surface area contributed by atoms with Crippen LogP contribution in [0.1, 0.15) is 21.5 Å². The number of Topliss-reactive ketones (excluding diaryl/α,β-unsaturated/α-hetero) is 1. The van der Waals surface area contributed by atoms with Gasteiger partial charge < -0.3 is 0 Å². The summed E-state index contributed by atoms with van der Waals surface area (Å²) in [5.74, 6) is 0.0133. The molecule has 0 amide bonds. The third kappa shape index (κ3) is 3.78. The summed E-state index contributed by atoms with van der Waals surface area (Å²) >= 11 is 0. The minimum absolute atomic E-state index is 0.204. The Balaban J connectivity index is 1.62. The maximum absolute atomic E-state index is 13.3. The van der Waals surface area contributed by atoms with Crippen LogP contribution in [0.25, 0.3) is 16.7 Å². The van der Waals surface area contributed by atoms with Crippen molar-refractivity contribution in [3.8, 4) is 0 Å². The van der Waals surface area contributed by atoms with Crippen LogP contribution in [0, 0.1) is 6.92 Å². The first-order valence-electron chi connectivity index (χ1n) is 10.8. The summed E-state index contributed by atoms with van der Waals surface area (Å²) in [6.07, 6.45) is 0.609. The largest absolute Gasteiger partial charge is 0.352 e. The molecule has 3 aromatic carbocycles. The van der Waals surface area contributed by atoms with E-state index >= 15 is 0 Å². The lowest BCUT2D eigenvalue weighted by molar-refractivity contribution is 0.0966. The fraction of sp³-hybridized carbons (Fsp3) is 0.154. The monoisotopic (exact) mass is 438 g/mol. The number of ketones is 1. The molecule has 0 fully saturated rings. The Morgan fingerprint density at radius 1 is 0.879 bits per heavy atom. The maximum Gasteiger partial charge on any atom is 0.352 e. The van der Waals surface area contributed by atoms with Crippen LogP contribution in [-0.2, 0) is 19.5 Å². The van der Waals surface area contributed by atoms with Gasteiger partial charge in [-0.15, -0.1) is 5.10 Å². The van der Waals surface area contributed by atoms with Crippen LogP contribution in [0.3, 0.4) is 0 Å². The number of aryl methyl sites for hydroxylation is 3. The minimum Gasteiger partial charge on any atom is -0.292 e. The summed E-state index contributed by atoms with van der Waals surface area (Å²) < 4.78 is 4.08. The number of para-hydroxylation sites is 1. The molecule has 2 aromatic heterocycles. The minimum atomic E-state index is -0.449. The lowest BCUT2D eigenvalue weighted by Gasteiger charge is -2.09. The molecule has 0 radical (unpaired) electrons. The van der Waals surface area contributed by atoms with Gasteiger partial charge in [0.15, 0.2) is 5.78 Å². The number of aromatic nitrogens is 4. The Morgan fingerprint density at radius 2 is 1.58 bits per heavy atom. The SMILES string of the molecule is Cc1ccc(C(=O)Cn2nc3n(CCc4ccccc4)c(=O)c4ccccc4n3c2=O)cc1. The normalized spacial score (nSPS) is 11.3. The van der Waals surface area contributed by atoms with Crippen molar-refractivity contribution in [3.63, 3.8) is 0 Å². The Labute approximate surface area is 189 Å². The molecule has 0 aliphatic carbocycles. The second kappa shape index (κ2) is 8.35. The molecule has 0 N–H and O–H groups in total. The average Bonchev–Trinajstić information content (AvgIpc) is 3.16. The van der Waals surface area contributed by atoms with E-state index in [1.54, 1.807) is 36.4 Å². The molecule has 0 spiro atoms. The molecule has 7 heteroatoms. The molecule has 0 bridgehead atoms. The van der Waals surface area contributed by atoms with Crippen LogP contribution >= 0.6 is 0 Å². The number of hydrogen-bond acceptors (Lipinski definition) is 4. The van der Waals surface area contributed by atoms with Crippen molar-refractivity contribution in [2.24, 2.45) is 0 Å². The van der Waals surface area contributed by atoms with Crippen molar-refractivity contribution in [2.75, 3.05) is 0 Å². The van der Waals surface area contributed by atoms with Crippen molar-refractivity contribution in [1.82, 2.24) is 18.7 Å². The number of nitrogens with zero attached hydrogens (tertiary/aromatic N) is 4. The van der Waals surface area contributed by atoms with E-state index in [0.29, 0.717) is 29.4 Å². The second-order valence-corrected chi connectivity index (χ2v) is 8.07. The third-order valence-corrected chi connectivity index (χ3v) is 5.82. The van der Waals surface area contributed by atoms with E-state index in [9.17, 15) is 14.4 Å². The van der Waals surface area contributed by atoms with E-state index in [0.717, 1.165) is 15.8 Å². The Bertz CT molecular complexity index is 1590. The van der Waals surface area contributed by atoms with E-state index in [2.05, 4.69) is 5.10 Å². The number of fused-ring (bicyclic) bond motifs is 3. The van der Waals surface area contributed by atoms with Gasteiger partial charge in [0.2, 0.25) is 5.78 Å². The van der Waals surface area contributed by atoms with Crippen LogP contribution in [-0.4, -0.2) is 24.5 Å². The van der Waals surface area contributed by atoms with Crippen molar-refractivity contribution < 1.29 is 4.79 Å². The lowest BCUT2D eigenvalue weighted by Crippen LogP contribution is -2.28. The number of carbonyl (C=O) groups excluding carboxylic acids is 1. The number of carbonyl (C=O) groups is 1. The van der Waals surface area contributed by atoms with Crippen LogP contribution in [0.4, 0.5) is 0 Å². The van der Waals surface area contributed by atoms with Crippen molar-refractivity contribution in [1.29, 1.82) is 0 Å². The highest BCUT2D eigenvalue weighted by molar-refractivity contribution is 5.95. The maximum atomic E-state index is 13.3. The zero-order chi connectivity index (χ0) is 22.9. The van der Waals surface area contributed by atoms with Crippen LogP contribution in [0.5, 0.6) is 0 Å². The Morgan fingerprint density at radius 3 is 2.33 bits per heavy atom. The summed E-state index contributed by atoms with van der Waals surface area (Å²) in [4.78, 5) is 39.4.